The standard InChI is InChI=1S/C16H11ClF3N5O2/c1-8-6-14(25-27-8)22-13-5-4-12(23-24-13)15(26)21-11-3-2-9(17)7-10(11)16(18,19)20/h2-7H,1H3,(H,21,26)(H,22,24,25). The highest BCUT2D eigenvalue weighted by atomic mass is 35.5. The van der Waals surface area contributed by atoms with Gasteiger partial charge >= 0.3 is 6.18 Å². The van der Waals surface area contributed by atoms with E-state index in [9.17, 15) is 18.0 Å². The smallest absolute Gasteiger partial charge is 0.360 e. The van der Waals surface area contributed by atoms with Gasteiger partial charge in [0, 0.05) is 11.1 Å². The van der Waals surface area contributed by atoms with Gasteiger partial charge in [0.15, 0.2) is 17.3 Å². The first-order valence-electron chi connectivity index (χ1n) is 7.44. The highest BCUT2D eigenvalue weighted by Gasteiger charge is 2.34. The first kappa shape index (κ1) is 18.6. The molecule has 3 rings (SSSR count). The monoisotopic (exact) mass is 397 g/mol. The van der Waals surface area contributed by atoms with Crippen molar-refractivity contribution < 1.29 is 22.5 Å². The van der Waals surface area contributed by atoms with Crippen molar-refractivity contribution in [3.05, 3.63) is 58.4 Å². The molecule has 0 spiro atoms. The average molecular weight is 398 g/mol. The molecule has 0 radical (unpaired) electrons. The summed E-state index contributed by atoms with van der Waals surface area (Å²) in [4.78, 5) is 12.2. The van der Waals surface area contributed by atoms with E-state index in [1.54, 1.807) is 13.0 Å². The molecule has 7 nitrogen and oxygen atoms in total. The van der Waals surface area contributed by atoms with Crippen LogP contribution < -0.4 is 10.6 Å². The number of alkyl halides is 3. The fraction of sp³-hybridized carbons (Fsp3) is 0.125. The van der Waals surface area contributed by atoms with Crippen molar-refractivity contribution in [2.24, 2.45) is 0 Å². The van der Waals surface area contributed by atoms with Crippen LogP contribution in [0.3, 0.4) is 0 Å². The van der Waals surface area contributed by atoms with Gasteiger partial charge in [0.25, 0.3) is 5.91 Å². The lowest BCUT2D eigenvalue weighted by Crippen LogP contribution is -2.18. The zero-order chi connectivity index (χ0) is 19.6. The van der Waals surface area contributed by atoms with Gasteiger partial charge in [-0.1, -0.05) is 16.8 Å². The molecule has 0 aliphatic heterocycles. The van der Waals surface area contributed by atoms with Crippen molar-refractivity contribution in [3.8, 4) is 0 Å². The van der Waals surface area contributed by atoms with Crippen LogP contribution in [0.25, 0.3) is 0 Å². The third-order valence-corrected chi connectivity index (χ3v) is 3.55. The summed E-state index contributed by atoms with van der Waals surface area (Å²) in [6.45, 7) is 1.71. The Kier molecular flexibility index (Phi) is 5.00. The number of hydrogen-bond donors (Lipinski definition) is 2. The second kappa shape index (κ2) is 7.23. The maximum atomic E-state index is 13.1. The number of nitrogens with one attached hydrogen (secondary N) is 2. The number of carbonyl (C=O) groups is 1. The molecule has 2 heterocycles. The van der Waals surface area contributed by atoms with E-state index >= 15 is 0 Å². The SMILES string of the molecule is Cc1cc(Nc2ccc(C(=O)Nc3ccc(Cl)cc3C(F)(F)F)nn2)no1. The van der Waals surface area contributed by atoms with Crippen LogP contribution in [0.2, 0.25) is 5.02 Å². The molecule has 0 saturated heterocycles. The summed E-state index contributed by atoms with van der Waals surface area (Å²) in [7, 11) is 0. The van der Waals surface area contributed by atoms with Crippen LogP contribution in [-0.4, -0.2) is 21.3 Å². The Morgan fingerprint density at radius 1 is 1.11 bits per heavy atom. The molecule has 0 atom stereocenters. The number of amides is 1. The molecule has 1 aromatic carbocycles. The fourth-order valence-corrected chi connectivity index (χ4v) is 2.30. The summed E-state index contributed by atoms with van der Waals surface area (Å²) in [5, 5.41) is 16.1. The maximum absolute atomic E-state index is 13.1. The van der Waals surface area contributed by atoms with Crippen LogP contribution in [-0.2, 0) is 6.18 Å². The number of carbonyl (C=O) groups excluding carboxylic acids is 1. The molecule has 140 valence electrons. The van der Waals surface area contributed by atoms with E-state index in [4.69, 9.17) is 16.1 Å². The topological polar surface area (TPSA) is 92.9 Å². The summed E-state index contributed by atoms with van der Waals surface area (Å²) in [5.74, 6) is 0.418. The number of aromatic nitrogens is 3. The Labute approximate surface area is 155 Å². The van der Waals surface area contributed by atoms with E-state index in [-0.39, 0.29) is 16.5 Å². The van der Waals surface area contributed by atoms with E-state index < -0.39 is 23.3 Å². The second-order valence-corrected chi connectivity index (χ2v) is 5.83. The Morgan fingerprint density at radius 2 is 1.89 bits per heavy atom. The van der Waals surface area contributed by atoms with Gasteiger partial charge in [0.05, 0.1) is 11.3 Å². The molecule has 0 aliphatic carbocycles. The van der Waals surface area contributed by atoms with Crippen molar-refractivity contribution in [1.29, 1.82) is 0 Å². The maximum Gasteiger partial charge on any atom is 0.418 e. The van der Waals surface area contributed by atoms with Gasteiger partial charge in [-0.25, -0.2) is 0 Å². The Balaban J connectivity index is 1.75. The number of hydrogen-bond acceptors (Lipinski definition) is 6. The van der Waals surface area contributed by atoms with E-state index in [2.05, 4.69) is 26.0 Å². The van der Waals surface area contributed by atoms with Gasteiger partial charge in [-0.15, -0.1) is 10.2 Å². The number of benzene rings is 1. The zero-order valence-electron chi connectivity index (χ0n) is 13.6. The minimum absolute atomic E-state index is 0.0985. The van der Waals surface area contributed by atoms with Crippen molar-refractivity contribution in [2.45, 2.75) is 13.1 Å². The largest absolute Gasteiger partial charge is 0.418 e. The molecule has 0 saturated carbocycles. The molecule has 27 heavy (non-hydrogen) atoms. The van der Waals surface area contributed by atoms with Crippen molar-refractivity contribution in [1.82, 2.24) is 15.4 Å². The van der Waals surface area contributed by atoms with Crippen LogP contribution >= 0.6 is 11.6 Å². The third kappa shape index (κ3) is 4.53. The summed E-state index contributed by atoms with van der Waals surface area (Å²) < 4.78 is 44.1. The van der Waals surface area contributed by atoms with Crippen LogP contribution in [0.5, 0.6) is 0 Å². The first-order valence-corrected chi connectivity index (χ1v) is 7.82. The molecule has 0 fully saturated rings. The summed E-state index contributed by atoms with van der Waals surface area (Å²) in [5.41, 5.74) is -1.66. The number of aryl methyl sites for hydroxylation is 1. The van der Waals surface area contributed by atoms with Crippen molar-refractivity contribution >= 4 is 34.8 Å². The van der Waals surface area contributed by atoms with E-state index in [1.165, 1.54) is 18.2 Å². The van der Waals surface area contributed by atoms with Crippen LogP contribution in [0, 0.1) is 6.92 Å². The number of nitrogens with zero attached hydrogens (tertiary/aromatic N) is 3. The Bertz CT molecular complexity index is 973. The predicted molar refractivity (Wildman–Crippen MR) is 91.0 cm³/mol. The predicted octanol–water partition coefficient (Wildman–Crippen LogP) is 4.44. The molecule has 2 N–H and O–H groups in total. The van der Waals surface area contributed by atoms with Gasteiger partial charge in [-0.05, 0) is 37.3 Å². The lowest BCUT2D eigenvalue weighted by atomic mass is 10.1. The lowest BCUT2D eigenvalue weighted by Gasteiger charge is -2.13. The van der Waals surface area contributed by atoms with Crippen molar-refractivity contribution in [2.75, 3.05) is 10.6 Å². The van der Waals surface area contributed by atoms with Gasteiger partial charge in [0.1, 0.15) is 5.76 Å². The summed E-state index contributed by atoms with van der Waals surface area (Å²) >= 11 is 5.61. The van der Waals surface area contributed by atoms with Crippen molar-refractivity contribution in [3.63, 3.8) is 0 Å². The number of rotatable bonds is 4. The first-order chi connectivity index (χ1) is 12.7. The number of halogens is 4. The van der Waals surface area contributed by atoms with Gasteiger partial charge in [-0.3, -0.25) is 4.79 Å². The number of anilines is 3. The molecule has 0 bridgehead atoms. The molecule has 1 amide bonds. The van der Waals surface area contributed by atoms with Gasteiger partial charge < -0.3 is 15.2 Å². The third-order valence-electron chi connectivity index (χ3n) is 3.32. The second-order valence-electron chi connectivity index (χ2n) is 5.39. The lowest BCUT2D eigenvalue weighted by molar-refractivity contribution is -0.136. The molecule has 3 aromatic rings. The molecule has 11 heteroatoms. The molecule has 0 aliphatic rings. The molecular formula is C16H11ClF3N5O2. The van der Waals surface area contributed by atoms with Gasteiger partial charge in [0.2, 0.25) is 0 Å². The Hall–Kier alpha value is -3.14. The van der Waals surface area contributed by atoms with Crippen LogP contribution in [0.4, 0.5) is 30.5 Å². The Morgan fingerprint density at radius 3 is 2.48 bits per heavy atom. The summed E-state index contributed by atoms with van der Waals surface area (Å²) in [6.07, 6.45) is -4.68. The van der Waals surface area contributed by atoms with Gasteiger partial charge in [-0.2, -0.15) is 13.2 Å². The van der Waals surface area contributed by atoms with Crippen LogP contribution in [0.1, 0.15) is 21.8 Å². The van der Waals surface area contributed by atoms with E-state index in [1.807, 2.05) is 0 Å². The highest BCUT2D eigenvalue weighted by molar-refractivity contribution is 6.30. The zero-order valence-corrected chi connectivity index (χ0v) is 14.4. The minimum Gasteiger partial charge on any atom is -0.360 e. The van der Waals surface area contributed by atoms with Crippen LogP contribution in [0.15, 0.2) is 40.9 Å². The van der Waals surface area contributed by atoms with E-state index in [0.717, 1.165) is 12.1 Å². The summed E-state index contributed by atoms with van der Waals surface area (Å²) in [6, 6.07) is 7.40. The highest BCUT2D eigenvalue weighted by Crippen LogP contribution is 2.36. The molecule has 0 unspecified atom stereocenters. The minimum atomic E-state index is -4.68. The van der Waals surface area contributed by atoms with E-state index in [0.29, 0.717) is 11.6 Å². The molecule has 2 aromatic heterocycles. The molecular weight excluding hydrogens is 387 g/mol. The normalized spacial score (nSPS) is 11.3. The quantitative estimate of drug-likeness (QED) is 0.676. The average Bonchev–Trinajstić information content (AvgIpc) is 3.01. The fourth-order valence-electron chi connectivity index (χ4n) is 2.12.